The molecule has 0 aromatic heterocycles. The van der Waals surface area contributed by atoms with Gasteiger partial charge < -0.3 is 9.84 Å². The van der Waals surface area contributed by atoms with Crippen molar-refractivity contribution in [1.82, 2.24) is 4.90 Å². The van der Waals surface area contributed by atoms with Crippen LogP contribution in [0.1, 0.15) is 40.5 Å². The molecule has 0 aromatic carbocycles. The maximum atomic E-state index is 11.8. The van der Waals surface area contributed by atoms with Gasteiger partial charge in [-0.15, -0.1) is 11.8 Å². The Morgan fingerprint density at radius 1 is 1.47 bits per heavy atom. The normalized spacial score (nSPS) is 21.3. The van der Waals surface area contributed by atoms with Crippen LogP contribution in [0.5, 0.6) is 0 Å². The first-order valence-corrected chi connectivity index (χ1v) is 7.56. The molecule has 0 radical (unpaired) electrons. The predicted octanol–water partition coefficient (Wildman–Crippen LogP) is 2.80. The van der Waals surface area contributed by atoms with Crippen molar-refractivity contribution in [2.24, 2.45) is 5.92 Å². The summed E-state index contributed by atoms with van der Waals surface area (Å²) in [6.45, 7) is 7.90. The molecule has 5 nitrogen and oxygen atoms in total. The number of carboxylic acids is 1. The summed E-state index contributed by atoms with van der Waals surface area (Å²) in [6, 6.07) is 0. The van der Waals surface area contributed by atoms with Crippen LogP contribution < -0.4 is 0 Å². The molecule has 0 saturated carbocycles. The van der Waals surface area contributed by atoms with Gasteiger partial charge in [-0.25, -0.2) is 4.79 Å². The second kappa shape index (κ2) is 6.50. The van der Waals surface area contributed by atoms with Crippen LogP contribution in [0.25, 0.3) is 0 Å². The lowest BCUT2D eigenvalue weighted by atomic mass is 10.0. The molecule has 0 aromatic rings. The average molecular weight is 289 g/mol. The number of carboxylic acid groups (broad SMARTS) is 1. The molecule has 1 aliphatic rings. The van der Waals surface area contributed by atoms with E-state index in [4.69, 9.17) is 9.84 Å². The third-order valence-electron chi connectivity index (χ3n) is 2.89. The van der Waals surface area contributed by atoms with Gasteiger partial charge in [-0.05, 0) is 33.6 Å². The molecule has 2 atom stereocenters. The van der Waals surface area contributed by atoms with Crippen LogP contribution >= 0.6 is 11.8 Å². The van der Waals surface area contributed by atoms with Gasteiger partial charge >= 0.3 is 12.1 Å². The van der Waals surface area contributed by atoms with Crippen LogP contribution in [0.2, 0.25) is 0 Å². The average Bonchev–Trinajstić information content (AvgIpc) is 2.71. The number of amides is 1. The maximum Gasteiger partial charge on any atom is 0.411 e. The number of hydrogen-bond acceptors (Lipinski definition) is 4. The molecular weight excluding hydrogens is 266 g/mol. The van der Waals surface area contributed by atoms with Gasteiger partial charge in [0.25, 0.3) is 0 Å². The Balaban J connectivity index is 2.33. The number of thioether (sulfide) groups is 1. The maximum absolute atomic E-state index is 11.8. The van der Waals surface area contributed by atoms with Crippen LogP contribution in [-0.2, 0) is 9.53 Å². The minimum atomic E-state index is -0.757. The molecule has 0 bridgehead atoms. The molecule has 1 amide bonds. The van der Waals surface area contributed by atoms with E-state index in [2.05, 4.69) is 0 Å². The number of ether oxygens (including phenoxy) is 1. The van der Waals surface area contributed by atoms with E-state index in [1.807, 2.05) is 20.8 Å². The first-order valence-electron chi connectivity index (χ1n) is 6.51. The highest BCUT2D eigenvalue weighted by atomic mass is 32.2. The zero-order chi connectivity index (χ0) is 14.6. The van der Waals surface area contributed by atoms with Crippen LogP contribution in [0.3, 0.4) is 0 Å². The minimum Gasteiger partial charge on any atom is -0.481 e. The van der Waals surface area contributed by atoms with Gasteiger partial charge in [0.1, 0.15) is 5.60 Å². The largest absolute Gasteiger partial charge is 0.481 e. The fourth-order valence-electron chi connectivity index (χ4n) is 1.73. The summed E-state index contributed by atoms with van der Waals surface area (Å²) in [7, 11) is 0. The van der Waals surface area contributed by atoms with Crippen LogP contribution in [0.15, 0.2) is 0 Å². The summed E-state index contributed by atoms with van der Waals surface area (Å²) in [4.78, 5) is 24.3. The van der Waals surface area contributed by atoms with Crippen LogP contribution in [-0.4, -0.2) is 45.3 Å². The molecular formula is C13H23NO4S. The molecule has 1 heterocycles. The van der Waals surface area contributed by atoms with Crippen molar-refractivity contribution in [3.05, 3.63) is 0 Å². The lowest BCUT2D eigenvalue weighted by molar-refractivity contribution is -0.141. The van der Waals surface area contributed by atoms with Gasteiger partial charge in [0.15, 0.2) is 0 Å². The molecule has 1 saturated heterocycles. The van der Waals surface area contributed by atoms with Crippen molar-refractivity contribution in [2.75, 3.05) is 12.4 Å². The van der Waals surface area contributed by atoms with E-state index in [0.717, 1.165) is 6.42 Å². The molecule has 6 heteroatoms. The molecule has 110 valence electrons. The first-order chi connectivity index (χ1) is 8.69. The van der Waals surface area contributed by atoms with E-state index >= 15 is 0 Å². The Hall–Kier alpha value is -0.910. The molecule has 19 heavy (non-hydrogen) atoms. The van der Waals surface area contributed by atoms with E-state index in [1.165, 1.54) is 0 Å². The van der Waals surface area contributed by atoms with Crippen LogP contribution in [0.4, 0.5) is 4.79 Å². The SMILES string of the molecule is C[C@@H](CCC1CN(C(=O)OC(C)(C)C)CS1)C(=O)O. The standard InChI is InChI=1S/C13H23NO4S/c1-9(11(15)16)5-6-10-7-14(8-19-10)12(17)18-13(2,3)4/h9-10H,5-8H2,1-4H3,(H,15,16)/t9-,10?/m0/s1. The predicted molar refractivity (Wildman–Crippen MR) is 75.2 cm³/mol. The highest BCUT2D eigenvalue weighted by Gasteiger charge is 2.30. The quantitative estimate of drug-likeness (QED) is 0.862. The van der Waals surface area contributed by atoms with Gasteiger partial charge in [0.2, 0.25) is 0 Å². The second-order valence-electron chi connectivity index (χ2n) is 5.94. The number of hydrogen-bond donors (Lipinski definition) is 1. The molecule has 1 rings (SSSR count). The molecule has 1 fully saturated rings. The lowest BCUT2D eigenvalue weighted by Crippen LogP contribution is -2.35. The third kappa shape index (κ3) is 5.72. The fraction of sp³-hybridized carbons (Fsp3) is 0.846. The number of carbonyl (C=O) groups excluding carboxylic acids is 1. The van der Waals surface area contributed by atoms with Crippen molar-refractivity contribution in [3.8, 4) is 0 Å². The Morgan fingerprint density at radius 2 is 2.11 bits per heavy atom. The minimum absolute atomic E-state index is 0.284. The van der Waals surface area contributed by atoms with Gasteiger partial charge in [-0.3, -0.25) is 9.69 Å². The van der Waals surface area contributed by atoms with Crippen molar-refractivity contribution in [1.29, 1.82) is 0 Å². The Morgan fingerprint density at radius 3 is 2.63 bits per heavy atom. The zero-order valence-corrected chi connectivity index (χ0v) is 12.8. The summed E-state index contributed by atoms with van der Waals surface area (Å²) in [5.41, 5.74) is -0.475. The first kappa shape index (κ1) is 16.1. The van der Waals surface area contributed by atoms with E-state index < -0.39 is 11.6 Å². The molecule has 1 aliphatic heterocycles. The highest BCUT2D eigenvalue weighted by molar-refractivity contribution is 8.00. The monoisotopic (exact) mass is 289 g/mol. The van der Waals surface area contributed by atoms with Gasteiger partial charge in [-0.1, -0.05) is 6.92 Å². The summed E-state index contributed by atoms with van der Waals surface area (Å²) >= 11 is 1.69. The molecule has 1 unspecified atom stereocenters. The fourth-order valence-corrected chi connectivity index (χ4v) is 2.92. The summed E-state index contributed by atoms with van der Waals surface area (Å²) in [5, 5.41) is 9.15. The van der Waals surface area contributed by atoms with Gasteiger partial charge in [0, 0.05) is 11.8 Å². The van der Waals surface area contributed by atoms with Gasteiger partial charge in [-0.2, -0.15) is 0 Å². The van der Waals surface area contributed by atoms with Gasteiger partial charge in [0.05, 0.1) is 11.8 Å². The zero-order valence-electron chi connectivity index (χ0n) is 12.0. The van der Waals surface area contributed by atoms with E-state index in [0.29, 0.717) is 24.1 Å². The van der Waals surface area contributed by atoms with Crippen molar-refractivity contribution in [2.45, 2.75) is 51.4 Å². The number of rotatable bonds is 4. The van der Waals surface area contributed by atoms with E-state index in [9.17, 15) is 9.59 Å². The number of nitrogens with zero attached hydrogens (tertiary/aromatic N) is 1. The van der Waals surface area contributed by atoms with Crippen molar-refractivity contribution < 1.29 is 19.4 Å². The summed E-state index contributed by atoms with van der Waals surface area (Å²) in [5.74, 6) is -0.454. The van der Waals surface area contributed by atoms with Crippen molar-refractivity contribution in [3.63, 3.8) is 0 Å². The van der Waals surface area contributed by atoms with E-state index in [1.54, 1.807) is 23.6 Å². The molecule has 0 aliphatic carbocycles. The Kier molecular flexibility index (Phi) is 5.52. The van der Waals surface area contributed by atoms with Crippen LogP contribution in [0, 0.1) is 5.92 Å². The third-order valence-corrected chi connectivity index (χ3v) is 4.20. The lowest BCUT2D eigenvalue weighted by Gasteiger charge is -2.24. The van der Waals surface area contributed by atoms with E-state index in [-0.39, 0.29) is 12.0 Å². The Bertz CT molecular complexity index is 340. The summed E-state index contributed by atoms with van der Waals surface area (Å²) in [6.07, 6.45) is 1.18. The topological polar surface area (TPSA) is 66.8 Å². The molecule has 1 N–H and O–H groups in total. The smallest absolute Gasteiger partial charge is 0.411 e. The number of aliphatic carboxylic acids is 1. The Labute approximate surface area is 118 Å². The second-order valence-corrected chi connectivity index (χ2v) is 7.20. The highest BCUT2D eigenvalue weighted by Crippen LogP contribution is 2.28. The number of carbonyl (C=O) groups is 2. The van der Waals surface area contributed by atoms with Crippen molar-refractivity contribution >= 4 is 23.8 Å². The summed E-state index contributed by atoms with van der Waals surface area (Å²) < 4.78 is 5.31. The molecule has 0 spiro atoms.